The quantitative estimate of drug-likeness (QED) is 0.656. The van der Waals surface area contributed by atoms with E-state index in [2.05, 4.69) is 11.1 Å². The molecule has 1 aliphatic carbocycles. The summed E-state index contributed by atoms with van der Waals surface area (Å²) in [7, 11) is 0. The molecule has 0 aromatic carbocycles. The van der Waals surface area contributed by atoms with Crippen molar-refractivity contribution in [3.05, 3.63) is 0 Å². The van der Waals surface area contributed by atoms with E-state index < -0.39 is 0 Å². The third kappa shape index (κ3) is 6.61. The van der Waals surface area contributed by atoms with Crippen LogP contribution >= 0.6 is 0 Å². The largest absolute Gasteiger partial charge is 0.298 e. The molecule has 0 N–H and O–H groups in total. The van der Waals surface area contributed by atoms with E-state index >= 15 is 0 Å². The molecular formula is C14H26N2. The molecule has 0 aliphatic heterocycles. The molecule has 1 saturated carbocycles. The van der Waals surface area contributed by atoms with Crippen molar-refractivity contribution in [1.29, 1.82) is 5.26 Å². The Morgan fingerprint density at radius 1 is 1.31 bits per heavy atom. The van der Waals surface area contributed by atoms with Crippen molar-refractivity contribution < 1.29 is 0 Å². The van der Waals surface area contributed by atoms with Crippen LogP contribution in [-0.2, 0) is 0 Å². The van der Waals surface area contributed by atoms with Gasteiger partial charge in [-0.25, -0.2) is 0 Å². The zero-order valence-corrected chi connectivity index (χ0v) is 11.1. The minimum atomic E-state index is 0.731. The fourth-order valence-corrected chi connectivity index (χ4v) is 2.35. The molecule has 0 saturated heterocycles. The van der Waals surface area contributed by atoms with Gasteiger partial charge in [0.25, 0.3) is 0 Å². The summed E-state index contributed by atoms with van der Waals surface area (Å²) in [6.45, 7) is 6.98. The molecule has 1 rings (SSSR count). The minimum Gasteiger partial charge on any atom is -0.298 e. The molecule has 16 heavy (non-hydrogen) atoms. The molecule has 2 atom stereocenters. The van der Waals surface area contributed by atoms with Crippen LogP contribution in [0.25, 0.3) is 0 Å². The molecule has 0 heterocycles. The fraction of sp³-hybridized carbons (Fsp3) is 0.857. The SMILES string of the molecule is CC.CC=NCC1CCCC(CCC#N)C1. The average Bonchev–Trinajstić information content (AvgIpc) is 2.37. The van der Waals surface area contributed by atoms with E-state index in [0.717, 1.165) is 31.2 Å². The number of aliphatic imine (C=N–C) groups is 1. The van der Waals surface area contributed by atoms with Gasteiger partial charge in [-0.1, -0.05) is 26.7 Å². The Morgan fingerprint density at radius 2 is 2.00 bits per heavy atom. The lowest BCUT2D eigenvalue weighted by atomic mass is 9.79. The molecule has 0 bridgehead atoms. The maximum absolute atomic E-state index is 8.53. The molecule has 2 unspecified atom stereocenters. The zero-order chi connectivity index (χ0) is 12.2. The maximum atomic E-state index is 8.53. The summed E-state index contributed by atoms with van der Waals surface area (Å²) in [4.78, 5) is 4.32. The standard InChI is InChI=1S/C12H20N2.C2H6/c1-2-14-10-12-6-3-5-11(9-12)7-4-8-13;1-2/h2,11-12H,3-7,9-10H2,1H3;1-2H3. The number of hydrogen-bond donors (Lipinski definition) is 0. The molecule has 0 amide bonds. The summed E-state index contributed by atoms with van der Waals surface area (Å²) in [5, 5.41) is 8.53. The Morgan fingerprint density at radius 3 is 2.62 bits per heavy atom. The fourth-order valence-electron chi connectivity index (χ4n) is 2.35. The second kappa shape index (κ2) is 10.7. The Balaban J connectivity index is 0.00000106. The van der Waals surface area contributed by atoms with E-state index in [1.54, 1.807) is 0 Å². The van der Waals surface area contributed by atoms with Gasteiger partial charge in [-0.2, -0.15) is 5.26 Å². The van der Waals surface area contributed by atoms with Crippen LogP contribution in [0, 0.1) is 23.2 Å². The van der Waals surface area contributed by atoms with E-state index in [9.17, 15) is 0 Å². The van der Waals surface area contributed by atoms with Crippen molar-refractivity contribution in [3.63, 3.8) is 0 Å². The Hall–Kier alpha value is -0.840. The van der Waals surface area contributed by atoms with Crippen molar-refractivity contribution in [3.8, 4) is 6.07 Å². The van der Waals surface area contributed by atoms with Crippen LogP contribution in [0.3, 0.4) is 0 Å². The van der Waals surface area contributed by atoms with Gasteiger partial charge in [-0.15, -0.1) is 0 Å². The van der Waals surface area contributed by atoms with Crippen molar-refractivity contribution in [2.75, 3.05) is 6.54 Å². The van der Waals surface area contributed by atoms with Gasteiger partial charge in [0.05, 0.1) is 6.07 Å². The van der Waals surface area contributed by atoms with Gasteiger partial charge in [0.15, 0.2) is 0 Å². The highest BCUT2D eigenvalue weighted by atomic mass is 14.7. The first kappa shape index (κ1) is 15.2. The highest BCUT2D eigenvalue weighted by Crippen LogP contribution is 2.31. The first-order valence-corrected chi connectivity index (χ1v) is 6.68. The number of rotatable bonds is 4. The zero-order valence-electron chi connectivity index (χ0n) is 11.1. The lowest BCUT2D eigenvalue weighted by Crippen LogP contribution is -2.17. The molecule has 1 aliphatic rings. The summed E-state index contributed by atoms with van der Waals surface area (Å²) in [6.07, 6.45) is 9.02. The van der Waals surface area contributed by atoms with Crippen LogP contribution in [0.2, 0.25) is 0 Å². The highest BCUT2D eigenvalue weighted by molar-refractivity contribution is 5.53. The van der Waals surface area contributed by atoms with E-state index in [0.29, 0.717) is 0 Å². The van der Waals surface area contributed by atoms with Crippen LogP contribution in [0.15, 0.2) is 4.99 Å². The number of nitriles is 1. The van der Waals surface area contributed by atoms with Gasteiger partial charge in [-0.05, 0) is 44.2 Å². The molecule has 0 aromatic heterocycles. The molecule has 92 valence electrons. The predicted octanol–water partition coefficient (Wildman–Crippen LogP) is 4.21. The summed E-state index contributed by atoms with van der Waals surface area (Å²) in [5.41, 5.74) is 0. The number of hydrogen-bond acceptors (Lipinski definition) is 2. The normalized spacial score (nSPS) is 24.6. The molecule has 1 fully saturated rings. The molecule has 0 spiro atoms. The van der Waals surface area contributed by atoms with Crippen molar-refractivity contribution in [1.82, 2.24) is 0 Å². The van der Waals surface area contributed by atoms with Crippen LogP contribution in [-0.4, -0.2) is 12.8 Å². The van der Waals surface area contributed by atoms with E-state index in [4.69, 9.17) is 5.26 Å². The van der Waals surface area contributed by atoms with Gasteiger partial charge in [0, 0.05) is 13.0 Å². The van der Waals surface area contributed by atoms with Crippen LogP contribution in [0.5, 0.6) is 0 Å². The topological polar surface area (TPSA) is 36.1 Å². The molecule has 2 nitrogen and oxygen atoms in total. The van der Waals surface area contributed by atoms with Gasteiger partial charge in [0.2, 0.25) is 0 Å². The summed E-state index contributed by atoms with van der Waals surface area (Å²) < 4.78 is 0. The third-order valence-corrected chi connectivity index (χ3v) is 3.10. The summed E-state index contributed by atoms with van der Waals surface area (Å²) >= 11 is 0. The monoisotopic (exact) mass is 222 g/mol. The average molecular weight is 222 g/mol. The second-order valence-corrected chi connectivity index (χ2v) is 4.22. The third-order valence-electron chi connectivity index (χ3n) is 3.10. The first-order valence-electron chi connectivity index (χ1n) is 6.68. The Labute approximate surface area is 101 Å². The van der Waals surface area contributed by atoms with Gasteiger partial charge < -0.3 is 0 Å². The van der Waals surface area contributed by atoms with E-state index in [1.165, 1.54) is 25.7 Å². The highest BCUT2D eigenvalue weighted by Gasteiger charge is 2.20. The lowest BCUT2D eigenvalue weighted by Gasteiger charge is -2.27. The Bertz CT molecular complexity index is 215. The van der Waals surface area contributed by atoms with Gasteiger partial charge in [-0.3, -0.25) is 4.99 Å². The second-order valence-electron chi connectivity index (χ2n) is 4.22. The van der Waals surface area contributed by atoms with Crippen molar-refractivity contribution in [2.24, 2.45) is 16.8 Å². The van der Waals surface area contributed by atoms with Crippen molar-refractivity contribution >= 4 is 6.21 Å². The van der Waals surface area contributed by atoms with Crippen LogP contribution < -0.4 is 0 Å². The molecule has 2 heteroatoms. The Kier molecular flexibility index (Phi) is 10.1. The first-order chi connectivity index (χ1) is 7.86. The minimum absolute atomic E-state index is 0.731. The molecule has 0 aromatic rings. The van der Waals surface area contributed by atoms with Crippen molar-refractivity contribution in [2.45, 2.75) is 59.3 Å². The predicted molar refractivity (Wildman–Crippen MR) is 70.7 cm³/mol. The summed E-state index contributed by atoms with van der Waals surface area (Å²) in [5.74, 6) is 1.57. The summed E-state index contributed by atoms with van der Waals surface area (Å²) in [6, 6.07) is 2.24. The molecular weight excluding hydrogens is 196 g/mol. The van der Waals surface area contributed by atoms with E-state index in [-0.39, 0.29) is 0 Å². The van der Waals surface area contributed by atoms with Crippen LogP contribution in [0.1, 0.15) is 59.3 Å². The van der Waals surface area contributed by atoms with Crippen LogP contribution in [0.4, 0.5) is 0 Å². The lowest BCUT2D eigenvalue weighted by molar-refractivity contribution is 0.262. The van der Waals surface area contributed by atoms with E-state index in [1.807, 2.05) is 27.0 Å². The molecule has 0 radical (unpaired) electrons. The van der Waals surface area contributed by atoms with Gasteiger partial charge >= 0.3 is 0 Å². The van der Waals surface area contributed by atoms with Gasteiger partial charge in [0.1, 0.15) is 0 Å². The smallest absolute Gasteiger partial charge is 0.0621 e. The number of nitrogens with zero attached hydrogens (tertiary/aromatic N) is 2. The maximum Gasteiger partial charge on any atom is 0.0621 e.